The Morgan fingerprint density at radius 3 is 2.80 bits per heavy atom. The van der Waals surface area contributed by atoms with Crippen molar-refractivity contribution in [2.45, 2.75) is 22.2 Å². The summed E-state index contributed by atoms with van der Waals surface area (Å²) in [6.45, 7) is 0. The summed E-state index contributed by atoms with van der Waals surface area (Å²) in [5.41, 5.74) is 2.47. The Hall–Kier alpha value is -0.720. The summed E-state index contributed by atoms with van der Waals surface area (Å²) in [6, 6.07) is 8.33. The Bertz CT molecular complexity index is 617. The molecule has 104 valence electrons. The van der Waals surface area contributed by atoms with Gasteiger partial charge in [-0.15, -0.1) is 11.8 Å². The molecule has 0 saturated carbocycles. The molecule has 3 rings (SSSR count). The number of anilines is 1. The number of aromatic nitrogens is 2. The van der Waals surface area contributed by atoms with Gasteiger partial charge in [0.05, 0.1) is 11.4 Å². The Morgan fingerprint density at radius 1 is 1.25 bits per heavy atom. The Kier molecular flexibility index (Phi) is 4.53. The van der Waals surface area contributed by atoms with Crippen LogP contribution in [0.1, 0.15) is 17.1 Å². The molecule has 6 heteroatoms. The van der Waals surface area contributed by atoms with Crippen LogP contribution in [-0.4, -0.2) is 17.0 Å². The van der Waals surface area contributed by atoms with Gasteiger partial charge in [0.25, 0.3) is 0 Å². The van der Waals surface area contributed by atoms with Gasteiger partial charge >= 0.3 is 0 Å². The molecule has 0 bridgehead atoms. The Morgan fingerprint density at radius 2 is 2.05 bits per heavy atom. The maximum absolute atomic E-state index is 4.69. The predicted octanol–water partition coefficient (Wildman–Crippen LogP) is 4.32. The fourth-order valence-corrected chi connectivity index (χ4v) is 4.11. The number of halogens is 1. The minimum atomic E-state index is 0.800. The second-order valence-corrected chi connectivity index (χ2v) is 7.35. The second-order valence-electron chi connectivity index (χ2n) is 4.40. The lowest BCUT2D eigenvalue weighted by Gasteiger charge is -2.09. The molecule has 1 aromatic heterocycles. The molecule has 1 aliphatic heterocycles. The summed E-state index contributed by atoms with van der Waals surface area (Å²) in [7, 11) is 1.93. The van der Waals surface area contributed by atoms with Gasteiger partial charge in [-0.1, -0.05) is 15.9 Å². The maximum Gasteiger partial charge on any atom is 0.141 e. The van der Waals surface area contributed by atoms with Gasteiger partial charge in [-0.2, -0.15) is 11.8 Å². The number of rotatable bonds is 4. The first kappa shape index (κ1) is 14.2. The highest BCUT2D eigenvalue weighted by Crippen LogP contribution is 2.33. The van der Waals surface area contributed by atoms with Crippen molar-refractivity contribution in [3.8, 4) is 0 Å². The molecule has 0 amide bonds. The zero-order valence-electron chi connectivity index (χ0n) is 11.0. The van der Waals surface area contributed by atoms with Crippen LogP contribution >= 0.6 is 39.5 Å². The van der Waals surface area contributed by atoms with E-state index in [1.165, 1.54) is 16.2 Å². The molecule has 1 N–H and O–H groups in total. The fraction of sp³-hybridized carbons (Fsp3) is 0.286. The SMILES string of the molecule is CNc1nc(CSc2ccc(Br)cc2)nc2c1CSC2. The van der Waals surface area contributed by atoms with Gasteiger partial charge in [-0.25, -0.2) is 9.97 Å². The molecule has 3 nitrogen and oxygen atoms in total. The van der Waals surface area contributed by atoms with Crippen LogP contribution in [0.3, 0.4) is 0 Å². The van der Waals surface area contributed by atoms with Crippen LogP contribution in [-0.2, 0) is 17.3 Å². The van der Waals surface area contributed by atoms with Crippen molar-refractivity contribution < 1.29 is 0 Å². The van der Waals surface area contributed by atoms with Gasteiger partial charge in [-0.05, 0) is 24.3 Å². The molecule has 0 atom stereocenters. The minimum Gasteiger partial charge on any atom is -0.373 e. The maximum atomic E-state index is 4.69. The normalized spacial score (nSPS) is 13.3. The Balaban J connectivity index is 1.76. The summed E-state index contributed by atoms with van der Waals surface area (Å²) in [6.07, 6.45) is 0. The third-order valence-electron chi connectivity index (χ3n) is 3.04. The van der Waals surface area contributed by atoms with E-state index >= 15 is 0 Å². The zero-order chi connectivity index (χ0) is 13.9. The Labute approximate surface area is 135 Å². The van der Waals surface area contributed by atoms with Gasteiger partial charge in [-0.3, -0.25) is 0 Å². The highest BCUT2D eigenvalue weighted by atomic mass is 79.9. The monoisotopic (exact) mass is 367 g/mol. The first-order valence-corrected chi connectivity index (χ1v) is 9.22. The number of hydrogen-bond acceptors (Lipinski definition) is 5. The van der Waals surface area contributed by atoms with E-state index in [-0.39, 0.29) is 0 Å². The van der Waals surface area contributed by atoms with Crippen LogP contribution in [0.5, 0.6) is 0 Å². The number of nitrogens with one attached hydrogen (secondary N) is 1. The van der Waals surface area contributed by atoms with Crippen molar-refractivity contribution in [1.29, 1.82) is 0 Å². The van der Waals surface area contributed by atoms with E-state index in [0.29, 0.717) is 0 Å². The lowest BCUT2D eigenvalue weighted by molar-refractivity contribution is 0.975. The predicted molar refractivity (Wildman–Crippen MR) is 90.3 cm³/mol. The second kappa shape index (κ2) is 6.37. The van der Waals surface area contributed by atoms with Crippen LogP contribution in [0.15, 0.2) is 33.6 Å². The highest BCUT2D eigenvalue weighted by Gasteiger charge is 2.19. The molecule has 0 aliphatic carbocycles. The van der Waals surface area contributed by atoms with Crippen molar-refractivity contribution >= 4 is 45.3 Å². The van der Waals surface area contributed by atoms with E-state index in [9.17, 15) is 0 Å². The first-order chi connectivity index (χ1) is 9.76. The summed E-state index contributed by atoms with van der Waals surface area (Å²) < 4.78 is 1.10. The van der Waals surface area contributed by atoms with E-state index in [2.05, 4.69) is 50.5 Å². The molecule has 1 aliphatic rings. The lowest BCUT2D eigenvalue weighted by atomic mass is 10.2. The van der Waals surface area contributed by atoms with Gasteiger partial charge in [0.15, 0.2) is 0 Å². The smallest absolute Gasteiger partial charge is 0.141 e. The summed E-state index contributed by atoms with van der Waals surface area (Å²) in [5, 5.41) is 3.19. The lowest BCUT2D eigenvalue weighted by Crippen LogP contribution is -2.05. The molecule has 1 aromatic carbocycles. The van der Waals surface area contributed by atoms with E-state index < -0.39 is 0 Å². The van der Waals surface area contributed by atoms with Crippen molar-refractivity contribution in [2.24, 2.45) is 0 Å². The zero-order valence-corrected chi connectivity index (χ0v) is 14.2. The summed E-state index contributed by atoms with van der Waals surface area (Å²) in [4.78, 5) is 10.6. The minimum absolute atomic E-state index is 0.800. The number of hydrogen-bond donors (Lipinski definition) is 1. The van der Waals surface area contributed by atoms with Crippen molar-refractivity contribution in [1.82, 2.24) is 9.97 Å². The standard InChI is InChI=1S/C14H14BrN3S2/c1-16-14-11-6-19-7-12(11)17-13(18-14)8-20-10-4-2-9(15)3-5-10/h2-5H,6-8H2,1H3,(H,16,17,18). The molecule has 0 fully saturated rings. The molecule has 20 heavy (non-hydrogen) atoms. The molecule has 2 heterocycles. The third-order valence-corrected chi connectivity index (χ3v) is 5.55. The van der Waals surface area contributed by atoms with Gasteiger partial charge in [0.2, 0.25) is 0 Å². The largest absolute Gasteiger partial charge is 0.373 e. The first-order valence-electron chi connectivity index (χ1n) is 6.29. The molecule has 0 spiro atoms. The summed E-state index contributed by atoms with van der Waals surface area (Å²) >= 11 is 7.12. The number of fused-ring (bicyclic) bond motifs is 1. The van der Waals surface area contributed by atoms with Gasteiger partial charge in [0.1, 0.15) is 11.6 Å². The molecule has 0 unspecified atom stereocenters. The highest BCUT2D eigenvalue weighted by molar-refractivity contribution is 9.10. The average Bonchev–Trinajstić information content (AvgIpc) is 2.94. The van der Waals surface area contributed by atoms with Crippen LogP contribution in [0.4, 0.5) is 5.82 Å². The van der Waals surface area contributed by atoms with E-state index in [1.54, 1.807) is 11.8 Å². The van der Waals surface area contributed by atoms with Crippen LogP contribution in [0, 0.1) is 0 Å². The van der Waals surface area contributed by atoms with Gasteiger partial charge in [0, 0.05) is 33.5 Å². The number of nitrogens with zero attached hydrogens (tertiary/aromatic N) is 2. The molecular weight excluding hydrogens is 354 g/mol. The fourth-order valence-electron chi connectivity index (χ4n) is 2.05. The van der Waals surface area contributed by atoms with Crippen LogP contribution < -0.4 is 5.32 Å². The van der Waals surface area contributed by atoms with Crippen LogP contribution in [0.2, 0.25) is 0 Å². The molecule has 2 aromatic rings. The van der Waals surface area contributed by atoms with E-state index in [1.807, 2.05) is 18.8 Å². The van der Waals surface area contributed by atoms with E-state index in [0.717, 1.165) is 33.4 Å². The van der Waals surface area contributed by atoms with Crippen molar-refractivity contribution in [2.75, 3.05) is 12.4 Å². The quantitative estimate of drug-likeness (QED) is 0.814. The van der Waals surface area contributed by atoms with Gasteiger partial charge < -0.3 is 5.32 Å². The molecule has 0 saturated heterocycles. The topological polar surface area (TPSA) is 37.8 Å². The van der Waals surface area contributed by atoms with Crippen molar-refractivity contribution in [3.05, 3.63) is 45.8 Å². The van der Waals surface area contributed by atoms with Crippen LogP contribution in [0.25, 0.3) is 0 Å². The average molecular weight is 368 g/mol. The number of benzene rings is 1. The summed E-state index contributed by atoms with van der Waals surface area (Å²) in [5.74, 6) is 4.72. The van der Waals surface area contributed by atoms with Crippen molar-refractivity contribution in [3.63, 3.8) is 0 Å². The number of thioether (sulfide) groups is 2. The molecular formula is C14H14BrN3S2. The van der Waals surface area contributed by atoms with E-state index in [4.69, 9.17) is 4.98 Å². The molecule has 0 radical (unpaired) electrons. The third kappa shape index (κ3) is 3.13.